The van der Waals surface area contributed by atoms with E-state index >= 15 is 0 Å². The van der Waals surface area contributed by atoms with Crippen molar-refractivity contribution in [2.45, 2.75) is 0 Å². The van der Waals surface area contributed by atoms with Gasteiger partial charge in [0, 0.05) is 42.3 Å². The zero-order valence-electron chi connectivity index (χ0n) is 14.3. The average Bonchev–Trinajstić information content (AvgIpc) is 3.15. The van der Waals surface area contributed by atoms with Gasteiger partial charge in [0.15, 0.2) is 0 Å². The average molecular weight is 361 g/mol. The maximum atomic E-state index is 11.4. The van der Waals surface area contributed by atoms with E-state index in [1.165, 1.54) is 6.07 Å². The third kappa shape index (κ3) is 3.25. The Morgan fingerprint density at radius 1 is 1.15 bits per heavy atom. The van der Waals surface area contributed by atoms with Crippen molar-refractivity contribution in [3.8, 4) is 0 Å². The molecule has 0 bridgehead atoms. The number of H-pyrrole nitrogens is 1. The first kappa shape index (κ1) is 16.5. The van der Waals surface area contributed by atoms with E-state index in [1.54, 1.807) is 24.7 Å². The van der Waals surface area contributed by atoms with Gasteiger partial charge < -0.3 is 10.2 Å². The summed E-state index contributed by atoms with van der Waals surface area (Å²) in [5, 5.41) is 22.3. The number of nitrogens with zero attached hydrogens (tertiary/aromatic N) is 5. The van der Waals surface area contributed by atoms with Gasteiger partial charge in [0.1, 0.15) is 5.82 Å². The summed E-state index contributed by atoms with van der Waals surface area (Å²) in [5.41, 5.74) is 2.27. The monoisotopic (exact) mass is 361 g/mol. The van der Waals surface area contributed by atoms with Crippen LogP contribution in [0.3, 0.4) is 0 Å². The second-order valence-corrected chi connectivity index (χ2v) is 5.86. The van der Waals surface area contributed by atoms with Crippen LogP contribution in [0.5, 0.6) is 0 Å². The van der Waals surface area contributed by atoms with E-state index in [2.05, 4.69) is 25.5 Å². The molecule has 0 radical (unpaired) electrons. The molecular formula is C18H15N7O2. The summed E-state index contributed by atoms with van der Waals surface area (Å²) in [6, 6.07) is 12.2. The summed E-state index contributed by atoms with van der Waals surface area (Å²) in [4.78, 5) is 21.2. The molecule has 0 amide bonds. The number of nitrogens with one attached hydrogen (secondary N) is 2. The Labute approximate surface area is 153 Å². The van der Waals surface area contributed by atoms with E-state index in [9.17, 15) is 10.1 Å². The summed E-state index contributed by atoms with van der Waals surface area (Å²) in [7, 11) is 1.84. The maximum absolute atomic E-state index is 11.4. The Hall–Kier alpha value is -4.01. The molecule has 0 aliphatic rings. The highest BCUT2D eigenvalue weighted by molar-refractivity contribution is 5.83. The molecular weight excluding hydrogens is 346 g/mol. The van der Waals surface area contributed by atoms with Crippen LogP contribution in [0.25, 0.3) is 10.9 Å². The second kappa shape index (κ2) is 6.71. The molecule has 3 aromatic heterocycles. The van der Waals surface area contributed by atoms with Crippen molar-refractivity contribution in [1.29, 1.82) is 0 Å². The van der Waals surface area contributed by atoms with Crippen LogP contribution in [-0.2, 0) is 0 Å². The number of hydrogen-bond acceptors (Lipinski definition) is 7. The first-order valence-corrected chi connectivity index (χ1v) is 8.11. The summed E-state index contributed by atoms with van der Waals surface area (Å²) in [5.74, 6) is 0.731. The Morgan fingerprint density at radius 3 is 2.74 bits per heavy atom. The van der Waals surface area contributed by atoms with Crippen molar-refractivity contribution in [1.82, 2.24) is 20.2 Å². The number of aromatic nitrogens is 4. The molecule has 9 heteroatoms. The third-order valence-electron chi connectivity index (χ3n) is 4.15. The highest BCUT2D eigenvalue weighted by Crippen LogP contribution is 2.31. The van der Waals surface area contributed by atoms with Gasteiger partial charge in [-0.2, -0.15) is 5.10 Å². The lowest BCUT2D eigenvalue weighted by molar-refractivity contribution is -0.384. The van der Waals surface area contributed by atoms with Crippen molar-refractivity contribution < 1.29 is 4.92 Å². The normalized spacial score (nSPS) is 10.7. The summed E-state index contributed by atoms with van der Waals surface area (Å²) >= 11 is 0. The summed E-state index contributed by atoms with van der Waals surface area (Å²) in [6.07, 6.45) is 5.07. The molecule has 0 aliphatic carbocycles. The van der Waals surface area contributed by atoms with Crippen LogP contribution in [0.15, 0.2) is 61.1 Å². The topological polar surface area (TPSA) is 113 Å². The minimum absolute atomic E-state index is 0.105. The van der Waals surface area contributed by atoms with E-state index < -0.39 is 4.92 Å². The molecule has 0 spiro atoms. The molecule has 9 nitrogen and oxygen atoms in total. The van der Waals surface area contributed by atoms with Gasteiger partial charge in [-0.15, -0.1) is 0 Å². The predicted octanol–water partition coefficient (Wildman–Crippen LogP) is 3.77. The molecule has 0 saturated heterocycles. The molecule has 0 aliphatic heterocycles. The maximum Gasteiger partial charge on any atom is 0.311 e. The molecule has 0 atom stereocenters. The number of hydrogen-bond donors (Lipinski definition) is 2. The van der Waals surface area contributed by atoms with Gasteiger partial charge >= 0.3 is 5.69 Å². The summed E-state index contributed by atoms with van der Waals surface area (Å²) < 4.78 is 0. The molecule has 4 rings (SSSR count). The smallest absolute Gasteiger partial charge is 0.311 e. The quantitative estimate of drug-likeness (QED) is 0.411. The van der Waals surface area contributed by atoms with Crippen LogP contribution < -0.4 is 10.2 Å². The van der Waals surface area contributed by atoms with Crippen LogP contribution in [0, 0.1) is 10.1 Å². The lowest BCUT2D eigenvalue weighted by atomic mass is 10.2. The minimum Gasteiger partial charge on any atom is -0.334 e. The molecule has 4 aromatic rings. The van der Waals surface area contributed by atoms with Gasteiger partial charge in [-0.1, -0.05) is 0 Å². The number of anilines is 4. The van der Waals surface area contributed by atoms with Crippen molar-refractivity contribution in [2.75, 3.05) is 17.3 Å². The number of rotatable bonds is 5. The van der Waals surface area contributed by atoms with Crippen LogP contribution in [-0.4, -0.2) is 32.1 Å². The fourth-order valence-electron chi connectivity index (χ4n) is 2.72. The molecule has 0 fully saturated rings. The fourth-order valence-corrected chi connectivity index (χ4v) is 2.72. The van der Waals surface area contributed by atoms with Crippen molar-refractivity contribution in [3.63, 3.8) is 0 Å². The highest BCUT2D eigenvalue weighted by Gasteiger charge is 2.18. The third-order valence-corrected chi connectivity index (χ3v) is 4.15. The largest absolute Gasteiger partial charge is 0.334 e. The van der Waals surface area contributed by atoms with Gasteiger partial charge in [-0.05, 0) is 36.4 Å². The van der Waals surface area contributed by atoms with E-state index in [0.29, 0.717) is 11.5 Å². The molecule has 2 N–H and O–H groups in total. The van der Waals surface area contributed by atoms with Crippen molar-refractivity contribution in [2.24, 2.45) is 0 Å². The van der Waals surface area contributed by atoms with Crippen molar-refractivity contribution in [3.05, 3.63) is 71.2 Å². The minimum atomic E-state index is -0.458. The molecule has 0 saturated carbocycles. The van der Waals surface area contributed by atoms with E-state index in [4.69, 9.17) is 0 Å². The Bertz CT molecular complexity index is 1110. The first-order chi connectivity index (χ1) is 13.1. The predicted molar refractivity (Wildman–Crippen MR) is 103 cm³/mol. The van der Waals surface area contributed by atoms with E-state index in [0.717, 1.165) is 16.6 Å². The molecule has 0 unspecified atom stereocenters. The lowest BCUT2D eigenvalue weighted by Crippen LogP contribution is -2.12. The Kier molecular flexibility index (Phi) is 4.09. The Balaban J connectivity index is 1.72. The SMILES string of the molecule is CN(c1ccncc1)c1ccc([N+](=O)[O-])c(Nc2ccc3cn[nH]c3c2)n1. The molecule has 27 heavy (non-hydrogen) atoms. The summed E-state index contributed by atoms with van der Waals surface area (Å²) in [6.45, 7) is 0. The molecule has 3 heterocycles. The van der Waals surface area contributed by atoms with E-state index in [1.807, 2.05) is 42.3 Å². The van der Waals surface area contributed by atoms with Gasteiger partial charge in [0.2, 0.25) is 5.82 Å². The Morgan fingerprint density at radius 2 is 1.96 bits per heavy atom. The fraction of sp³-hybridized carbons (Fsp3) is 0.0556. The van der Waals surface area contributed by atoms with Gasteiger partial charge in [0.05, 0.1) is 16.6 Å². The van der Waals surface area contributed by atoms with Gasteiger partial charge in [0.25, 0.3) is 0 Å². The van der Waals surface area contributed by atoms with Crippen LogP contribution in [0.4, 0.5) is 28.7 Å². The second-order valence-electron chi connectivity index (χ2n) is 5.86. The van der Waals surface area contributed by atoms with Crippen LogP contribution in [0.1, 0.15) is 0 Å². The van der Waals surface area contributed by atoms with Crippen molar-refractivity contribution >= 4 is 39.6 Å². The van der Waals surface area contributed by atoms with Gasteiger partial charge in [-0.25, -0.2) is 4.98 Å². The lowest BCUT2D eigenvalue weighted by Gasteiger charge is -2.19. The molecule has 1 aromatic carbocycles. The van der Waals surface area contributed by atoms with E-state index in [-0.39, 0.29) is 11.5 Å². The van der Waals surface area contributed by atoms with Crippen LogP contribution in [0.2, 0.25) is 0 Å². The standard InChI is InChI=1S/C18H15N7O2/c1-24(14-6-8-19-9-7-14)17-5-4-16(25(26)27)18(22-17)21-13-3-2-12-11-20-23-15(12)10-13/h2-11H,1H3,(H,20,23)(H,21,22). The van der Waals surface area contributed by atoms with Crippen LogP contribution >= 0.6 is 0 Å². The number of fused-ring (bicyclic) bond motifs is 1. The number of pyridine rings is 2. The van der Waals surface area contributed by atoms with Gasteiger partial charge in [-0.3, -0.25) is 20.2 Å². The number of nitro groups is 1. The number of benzene rings is 1. The number of aromatic amines is 1. The first-order valence-electron chi connectivity index (χ1n) is 8.11. The highest BCUT2D eigenvalue weighted by atomic mass is 16.6. The zero-order valence-corrected chi connectivity index (χ0v) is 14.3. The molecule has 134 valence electrons. The zero-order chi connectivity index (χ0) is 18.8.